The number of rotatable bonds is 10. The standard InChI is InChI=1S/C30H40FN5O2/c1-4-24(27(32)29(37)28(20-9-6-5-7-10-20)35-30(38)19(2)33-3)21-14-15-34-26(18-21)36-16-8-11-22-17-23(31)12-13-25(22)36/h12-15,17-20,24,28,32-33H,4-11,16H2,1-3H3,(H,35,38)/t19-,24-,28-/m0/s1. The van der Waals surface area contributed by atoms with Crippen molar-refractivity contribution in [1.82, 2.24) is 15.6 Å². The highest BCUT2D eigenvalue weighted by atomic mass is 19.1. The smallest absolute Gasteiger partial charge is 0.237 e. The largest absolute Gasteiger partial charge is 0.344 e. The van der Waals surface area contributed by atoms with Gasteiger partial charge in [0.1, 0.15) is 11.6 Å². The maximum atomic E-state index is 13.8. The summed E-state index contributed by atoms with van der Waals surface area (Å²) in [5.41, 5.74) is 2.78. The molecule has 0 unspecified atom stereocenters. The Bertz CT molecular complexity index is 1160. The molecule has 0 saturated heterocycles. The summed E-state index contributed by atoms with van der Waals surface area (Å²) < 4.78 is 13.8. The fourth-order valence-electron chi connectivity index (χ4n) is 5.82. The average Bonchev–Trinajstić information content (AvgIpc) is 2.95. The van der Waals surface area contributed by atoms with Gasteiger partial charge in [-0.15, -0.1) is 0 Å². The molecular formula is C30H40FN5O2. The molecule has 1 aromatic heterocycles. The average molecular weight is 522 g/mol. The number of hydrogen-bond acceptors (Lipinski definition) is 6. The molecule has 204 valence electrons. The number of pyridine rings is 1. The Kier molecular flexibility index (Phi) is 9.26. The normalized spacial score (nSPS) is 18.3. The number of likely N-dealkylation sites (N-methyl/N-ethyl adjacent to an activating group) is 1. The number of amides is 1. The van der Waals surface area contributed by atoms with E-state index in [0.717, 1.165) is 74.1 Å². The minimum atomic E-state index is -0.690. The number of carbonyl (C=O) groups is 2. The summed E-state index contributed by atoms with van der Waals surface area (Å²) in [6.45, 7) is 4.51. The third-order valence-corrected chi connectivity index (χ3v) is 8.16. The maximum Gasteiger partial charge on any atom is 0.237 e. The number of aryl methyl sites for hydroxylation is 1. The highest BCUT2D eigenvalue weighted by molar-refractivity contribution is 6.42. The second kappa shape index (κ2) is 12.6. The van der Waals surface area contributed by atoms with Crippen LogP contribution in [-0.2, 0) is 16.0 Å². The van der Waals surface area contributed by atoms with Gasteiger partial charge in [-0.2, -0.15) is 0 Å². The topological polar surface area (TPSA) is 98.2 Å². The molecule has 1 aliphatic heterocycles. The van der Waals surface area contributed by atoms with E-state index >= 15 is 0 Å². The van der Waals surface area contributed by atoms with Crippen molar-refractivity contribution in [3.05, 3.63) is 53.5 Å². The van der Waals surface area contributed by atoms with Gasteiger partial charge in [-0.3, -0.25) is 9.59 Å². The third kappa shape index (κ3) is 6.12. The predicted octanol–water partition coefficient (Wildman–Crippen LogP) is 5.06. The molecular weight excluding hydrogens is 481 g/mol. The molecule has 0 radical (unpaired) electrons. The summed E-state index contributed by atoms with van der Waals surface area (Å²) in [6.07, 6.45) is 8.97. The van der Waals surface area contributed by atoms with Gasteiger partial charge in [0.25, 0.3) is 0 Å². The van der Waals surface area contributed by atoms with Crippen molar-refractivity contribution in [2.75, 3.05) is 18.5 Å². The van der Waals surface area contributed by atoms with Crippen molar-refractivity contribution in [3.8, 4) is 0 Å². The summed E-state index contributed by atoms with van der Waals surface area (Å²) in [6, 6.07) is 7.56. The van der Waals surface area contributed by atoms with Crippen LogP contribution in [0.4, 0.5) is 15.9 Å². The molecule has 4 rings (SSSR count). The molecule has 0 bridgehead atoms. The molecule has 1 aliphatic carbocycles. The number of halogens is 1. The van der Waals surface area contributed by atoms with Crippen LogP contribution in [0.1, 0.15) is 75.8 Å². The molecule has 1 saturated carbocycles. The lowest BCUT2D eigenvalue weighted by Crippen LogP contribution is -2.53. The highest BCUT2D eigenvalue weighted by Crippen LogP contribution is 2.35. The van der Waals surface area contributed by atoms with Gasteiger partial charge in [0.2, 0.25) is 5.91 Å². The van der Waals surface area contributed by atoms with Crippen molar-refractivity contribution in [2.24, 2.45) is 5.92 Å². The van der Waals surface area contributed by atoms with Gasteiger partial charge in [0.05, 0.1) is 17.8 Å². The number of fused-ring (bicyclic) bond motifs is 1. The van der Waals surface area contributed by atoms with E-state index in [0.29, 0.717) is 6.42 Å². The SMILES string of the molecule is CC[C@H](C(=N)C(=O)[C@@H](NC(=O)[C@H](C)NC)C1CCCCC1)c1ccnc(N2CCCc3cc(F)ccc32)c1. The zero-order chi connectivity index (χ0) is 27.2. The van der Waals surface area contributed by atoms with Gasteiger partial charge in [0, 0.05) is 24.3 Å². The fraction of sp³-hybridized carbons (Fsp3) is 0.533. The van der Waals surface area contributed by atoms with Crippen molar-refractivity contribution in [1.29, 1.82) is 5.41 Å². The summed E-state index contributed by atoms with van der Waals surface area (Å²) in [5, 5.41) is 14.9. The molecule has 1 aromatic carbocycles. The van der Waals surface area contributed by atoms with Crippen LogP contribution in [0.5, 0.6) is 0 Å². The Morgan fingerprint density at radius 1 is 1.16 bits per heavy atom. The number of benzene rings is 1. The second-order valence-electron chi connectivity index (χ2n) is 10.6. The number of ketones is 1. The quantitative estimate of drug-likeness (QED) is 0.380. The number of carbonyl (C=O) groups excluding carboxylic acids is 2. The van der Waals surface area contributed by atoms with Crippen LogP contribution >= 0.6 is 0 Å². The van der Waals surface area contributed by atoms with Crippen LogP contribution < -0.4 is 15.5 Å². The van der Waals surface area contributed by atoms with Crippen molar-refractivity contribution >= 4 is 28.9 Å². The lowest BCUT2D eigenvalue weighted by atomic mass is 9.78. The van der Waals surface area contributed by atoms with E-state index in [1.54, 1.807) is 32.3 Å². The van der Waals surface area contributed by atoms with Crippen LogP contribution in [0.25, 0.3) is 0 Å². The van der Waals surface area contributed by atoms with Crippen LogP contribution in [-0.4, -0.2) is 48.1 Å². The van der Waals surface area contributed by atoms with Gasteiger partial charge >= 0.3 is 0 Å². The van der Waals surface area contributed by atoms with Gasteiger partial charge in [-0.1, -0.05) is 26.2 Å². The van der Waals surface area contributed by atoms with Gasteiger partial charge in [-0.25, -0.2) is 9.37 Å². The Labute approximate surface area is 225 Å². The number of aromatic nitrogens is 1. The van der Waals surface area contributed by atoms with E-state index in [9.17, 15) is 14.0 Å². The van der Waals surface area contributed by atoms with Crippen molar-refractivity contribution < 1.29 is 14.0 Å². The Hall–Kier alpha value is -3.13. The van der Waals surface area contributed by atoms with E-state index in [2.05, 4.69) is 20.5 Å². The lowest BCUT2D eigenvalue weighted by molar-refractivity contribution is -0.127. The maximum absolute atomic E-state index is 13.8. The first-order valence-corrected chi connectivity index (χ1v) is 14.0. The Balaban J connectivity index is 1.59. The first-order chi connectivity index (χ1) is 18.3. The van der Waals surface area contributed by atoms with E-state index in [4.69, 9.17) is 5.41 Å². The molecule has 8 heteroatoms. The molecule has 1 fully saturated rings. The lowest BCUT2D eigenvalue weighted by Gasteiger charge is -2.32. The minimum absolute atomic E-state index is 0.0266. The predicted molar refractivity (Wildman–Crippen MR) is 149 cm³/mol. The number of nitrogens with one attached hydrogen (secondary N) is 3. The number of nitrogens with zero attached hydrogens (tertiary/aromatic N) is 2. The summed E-state index contributed by atoms with van der Waals surface area (Å²) in [7, 11) is 1.72. The monoisotopic (exact) mass is 521 g/mol. The molecule has 38 heavy (non-hydrogen) atoms. The molecule has 1 amide bonds. The molecule has 0 spiro atoms. The molecule has 3 atom stereocenters. The zero-order valence-electron chi connectivity index (χ0n) is 22.7. The van der Waals surface area contributed by atoms with E-state index in [1.165, 1.54) is 6.07 Å². The number of hydrogen-bond donors (Lipinski definition) is 3. The summed E-state index contributed by atoms with van der Waals surface area (Å²) in [4.78, 5) is 33.3. The van der Waals surface area contributed by atoms with Gasteiger partial charge in [-0.05, 0) is 93.5 Å². The summed E-state index contributed by atoms with van der Waals surface area (Å²) in [5.74, 6) is -0.393. The number of Topliss-reactive ketones (excluding diaryl/α,β-unsaturated/α-hetero) is 1. The molecule has 2 heterocycles. The molecule has 2 aromatic rings. The first-order valence-electron chi connectivity index (χ1n) is 14.0. The van der Waals surface area contributed by atoms with E-state index in [1.807, 2.05) is 19.1 Å². The molecule has 3 N–H and O–H groups in total. The van der Waals surface area contributed by atoms with Crippen LogP contribution in [0.3, 0.4) is 0 Å². The number of anilines is 2. The van der Waals surface area contributed by atoms with Gasteiger partial charge < -0.3 is 20.9 Å². The fourth-order valence-corrected chi connectivity index (χ4v) is 5.82. The van der Waals surface area contributed by atoms with Crippen molar-refractivity contribution in [2.45, 2.75) is 83.2 Å². The summed E-state index contributed by atoms with van der Waals surface area (Å²) >= 11 is 0. The highest BCUT2D eigenvalue weighted by Gasteiger charge is 2.36. The van der Waals surface area contributed by atoms with Crippen LogP contribution in [0.2, 0.25) is 0 Å². The third-order valence-electron chi connectivity index (χ3n) is 8.16. The second-order valence-corrected chi connectivity index (χ2v) is 10.6. The minimum Gasteiger partial charge on any atom is -0.344 e. The molecule has 2 aliphatic rings. The van der Waals surface area contributed by atoms with Crippen LogP contribution in [0, 0.1) is 17.1 Å². The van der Waals surface area contributed by atoms with E-state index < -0.39 is 18.0 Å². The van der Waals surface area contributed by atoms with Crippen LogP contribution in [0.15, 0.2) is 36.5 Å². The van der Waals surface area contributed by atoms with E-state index in [-0.39, 0.29) is 29.1 Å². The molecule has 7 nitrogen and oxygen atoms in total. The Morgan fingerprint density at radius 2 is 1.92 bits per heavy atom. The zero-order valence-corrected chi connectivity index (χ0v) is 22.7. The van der Waals surface area contributed by atoms with Gasteiger partial charge in [0.15, 0.2) is 5.78 Å². The first kappa shape index (κ1) is 27.9. The van der Waals surface area contributed by atoms with Crippen molar-refractivity contribution in [3.63, 3.8) is 0 Å². The Morgan fingerprint density at radius 3 is 2.63 bits per heavy atom.